The molecule has 136 valence electrons. The Morgan fingerprint density at radius 2 is 1.80 bits per heavy atom. The highest BCUT2D eigenvalue weighted by atomic mass is 16.3. The van der Waals surface area contributed by atoms with Crippen molar-refractivity contribution in [1.29, 1.82) is 0 Å². The summed E-state index contributed by atoms with van der Waals surface area (Å²) in [6, 6.07) is 3.78. The summed E-state index contributed by atoms with van der Waals surface area (Å²) in [7, 11) is 3.94. The average molecular weight is 345 g/mol. The SMILES string of the molecule is CC(=O)c1c(C)[nH]c(C(=O)N(CCN(C)C)Cc2ccc(C)o2)c1C. The number of Topliss-reactive ketones (excluding diaryl/α,β-unsaturated/α-hetero) is 1. The van der Waals surface area contributed by atoms with Gasteiger partial charge in [0.1, 0.15) is 17.2 Å². The molecule has 6 heteroatoms. The molecule has 2 heterocycles. The number of amides is 1. The van der Waals surface area contributed by atoms with Gasteiger partial charge in [-0.25, -0.2) is 0 Å². The molecule has 0 spiro atoms. The Hall–Kier alpha value is -2.34. The van der Waals surface area contributed by atoms with E-state index in [1.165, 1.54) is 6.92 Å². The van der Waals surface area contributed by atoms with Crippen molar-refractivity contribution < 1.29 is 14.0 Å². The lowest BCUT2D eigenvalue weighted by Gasteiger charge is -2.23. The van der Waals surface area contributed by atoms with Crippen molar-refractivity contribution >= 4 is 11.7 Å². The fourth-order valence-electron chi connectivity index (χ4n) is 2.98. The lowest BCUT2D eigenvalue weighted by atomic mass is 10.1. The summed E-state index contributed by atoms with van der Waals surface area (Å²) in [4.78, 5) is 31.8. The molecule has 0 aliphatic heterocycles. The van der Waals surface area contributed by atoms with Gasteiger partial charge in [-0.05, 0) is 59.5 Å². The van der Waals surface area contributed by atoms with Gasteiger partial charge in [-0.1, -0.05) is 0 Å². The number of aromatic nitrogens is 1. The molecule has 1 N–H and O–H groups in total. The highest BCUT2D eigenvalue weighted by molar-refractivity contribution is 6.02. The van der Waals surface area contributed by atoms with E-state index >= 15 is 0 Å². The molecule has 0 saturated carbocycles. The summed E-state index contributed by atoms with van der Waals surface area (Å²) in [5, 5.41) is 0. The van der Waals surface area contributed by atoms with Crippen LogP contribution >= 0.6 is 0 Å². The number of nitrogens with zero attached hydrogens (tertiary/aromatic N) is 2. The van der Waals surface area contributed by atoms with Crippen LogP contribution in [0.4, 0.5) is 0 Å². The summed E-state index contributed by atoms with van der Waals surface area (Å²) < 4.78 is 5.63. The molecule has 0 unspecified atom stereocenters. The van der Waals surface area contributed by atoms with Crippen LogP contribution in [-0.2, 0) is 6.54 Å². The number of aromatic amines is 1. The Labute approximate surface area is 148 Å². The molecule has 2 rings (SSSR count). The topological polar surface area (TPSA) is 69.6 Å². The predicted octanol–water partition coefficient (Wildman–Crippen LogP) is 2.94. The second-order valence-electron chi connectivity index (χ2n) is 6.72. The summed E-state index contributed by atoms with van der Waals surface area (Å²) >= 11 is 0. The summed E-state index contributed by atoms with van der Waals surface area (Å²) in [5.41, 5.74) is 2.52. The van der Waals surface area contributed by atoms with E-state index in [2.05, 4.69) is 4.98 Å². The molecule has 0 bridgehead atoms. The van der Waals surface area contributed by atoms with Gasteiger partial charge in [-0.15, -0.1) is 0 Å². The van der Waals surface area contributed by atoms with Gasteiger partial charge >= 0.3 is 0 Å². The van der Waals surface area contributed by atoms with Crippen LogP contribution in [0.1, 0.15) is 50.5 Å². The Morgan fingerprint density at radius 3 is 2.28 bits per heavy atom. The number of likely N-dealkylation sites (N-methyl/N-ethyl adjacent to an activating group) is 1. The average Bonchev–Trinajstić information content (AvgIpc) is 3.05. The lowest BCUT2D eigenvalue weighted by molar-refractivity contribution is 0.0713. The smallest absolute Gasteiger partial charge is 0.271 e. The molecule has 0 saturated heterocycles. The lowest BCUT2D eigenvalue weighted by Crippen LogP contribution is -2.36. The third kappa shape index (κ3) is 4.39. The first kappa shape index (κ1) is 19.0. The Balaban J connectivity index is 2.31. The molecule has 6 nitrogen and oxygen atoms in total. The second-order valence-corrected chi connectivity index (χ2v) is 6.72. The van der Waals surface area contributed by atoms with Crippen molar-refractivity contribution in [2.45, 2.75) is 34.2 Å². The zero-order valence-corrected chi connectivity index (χ0v) is 15.9. The molecule has 0 aliphatic rings. The molecule has 1 amide bonds. The first-order valence-electron chi connectivity index (χ1n) is 8.40. The van der Waals surface area contributed by atoms with Crippen molar-refractivity contribution in [3.63, 3.8) is 0 Å². The third-order valence-electron chi connectivity index (χ3n) is 4.25. The molecule has 0 atom stereocenters. The molecule has 2 aromatic rings. The van der Waals surface area contributed by atoms with E-state index < -0.39 is 0 Å². The monoisotopic (exact) mass is 345 g/mol. The third-order valence-corrected chi connectivity index (χ3v) is 4.25. The molecule has 0 aromatic carbocycles. The van der Waals surface area contributed by atoms with Crippen molar-refractivity contribution in [3.8, 4) is 0 Å². The van der Waals surface area contributed by atoms with Crippen LogP contribution in [0.3, 0.4) is 0 Å². The largest absolute Gasteiger partial charge is 0.464 e. The zero-order valence-electron chi connectivity index (χ0n) is 15.9. The molecule has 0 fully saturated rings. The number of furan rings is 1. The number of carbonyl (C=O) groups excluding carboxylic acids is 2. The standard InChI is InChI=1S/C19H27N3O3/c1-12-7-8-16(25-12)11-22(10-9-21(5)6)19(24)18-13(2)17(15(4)23)14(3)20-18/h7-8,20H,9-11H2,1-6H3. The minimum atomic E-state index is -0.121. The van der Waals surface area contributed by atoms with E-state index in [-0.39, 0.29) is 11.7 Å². The van der Waals surface area contributed by atoms with E-state index in [1.807, 2.05) is 51.9 Å². The molecule has 25 heavy (non-hydrogen) atoms. The van der Waals surface area contributed by atoms with E-state index in [9.17, 15) is 9.59 Å². The highest BCUT2D eigenvalue weighted by Crippen LogP contribution is 2.21. The molecular weight excluding hydrogens is 318 g/mol. The number of rotatable bonds is 7. The number of carbonyl (C=O) groups is 2. The Kier molecular flexibility index (Phi) is 5.85. The van der Waals surface area contributed by atoms with Gasteiger partial charge in [-0.2, -0.15) is 0 Å². The minimum absolute atomic E-state index is 0.0354. The van der Waals surface area contributed by atoms with E-state index in [1.54, 1.807) is 4.90 Å². The Morgan fingerprint density at radius 1 is 1.12 bits per heavy atom. The van der Waals surface area contributed by atoms with E-state index in [4.69, 9.17) is 4.42 Å². The number of ketones is 1. The second kappa shape index (κ2) is 7.70. The van der Waals surface area contributed by atoms with Gasteiger partial charge in [-0.3, -0.25) is 9.59 Å². The van der Waals surface area contributed by atoms with Gasteiger partial charge in [0.25, 0.3) is 5.91 Å². The summed E-state index contributed by atoms with van der Waals surface area (Å²) in [6.07, 6.45) is 0. The van der Waals surface area contributed by atoms with Crippen LogP contribution in [0.2, 0.25) is 0 Å². The van der Waals surface area contributed by atoms with Gasteiger partial charge in [0.2, 0.25) is 0 Å². The number of nitrogens with one attached hydrogen (secondary N) is 1. The first-order valence-corrected chi connectivity index (χ1v) is 8.40. The molecule has 2 aromatic heterocycles. The number of aryl methyl sites for hydroxylation is 2. The van der Waals surface area contributed by atoms with Crippen LogP contribution in [-0.4, -0.2) is 53.7 Å². The number of hydrogen-bond donors (Lipinski definition) is 1. The zero-order chi connectivity index (χ0) is 18.7. The summed E-state index contributed by atoms with van der Waals surface area (Å²) in [5.74, 6) is 1.41. The van der Waals surface area contributed by atoms with Crippen LogP contribution in [0.5, 0.6) is 0 Å². The maximum absolute atomic E-state index is 13.1. The molecular formula is C19H27N3O3. The van der Waals surface area contributed by atoms with Crippen LogP contribution in [0, 0.1) is 20.8 Å². The van der Waals surface area contributed by atoms with Crippen molar-refractivity contribution in [2.24, 2.45) is 0 Å². The Bertz CT molecular complexity index is 771. The van der Waals surface area contributed by atoms with Crippen molar-refractivity contribution in [1.82, 2.24) is 14.8 Å². The quantitative estimate of drug-likeness (QED) is 0.783. The van der Waals surface area contributed by atoms with Gasteiger partial charge < -0.3 is 19.2 Å². The maximum Gasteiger partial charge on any atom is 0.271 e. The maximum atomic E-state index is 13.1. The predicted molar refractivity (Wildman–Crippen MR) is 97.0 cm³/mol. The molecule has 0 radical (unpaired) electrons. The van der Waals surface area contributed by atoms with Crippen molar-refractivity contribution in [3.05, 3.63) is 46.2 Å². The van der Waals surface area contributed by atoms with Crippen LogP contribution < -0.4 is 0 Å². The van der Waals surface area contributed by atoms with Crippen molar-refractivity contribution in [2.75, 3.05) is 27.2 Å². The fraction of sp³-hybridized carbons (Fsp3) is 0.474. The van der Waals surface area contributed by atoms with E-state index in [0.717, 1.165) is 23.8 Å². The van der Waals surface area contributed by atoms with Crippen LogP contribution in [0.15, 0.2) is 16.5 Å². The summed E-state index contributed by atoms with van der Waals surface area (Å²) in [6.45, 7) is 8.74. The number of hydrogen-bond acceptors (Lipinski definition) is 4. The van der Waals surface area contributed by atoms with Crippen LogP contribution in [0.25, 0.3) is 0 Å². The van der Waals surface area contributed by atoms with E-state index in [0.29, 0.717) is 29.9 Å². The highest BCUT2D eigenvalue weighted by Gasteiger charge is 2.24. The fourth-order valence-corrected chi connectivity index (χ4v) is 2.98. The van der Waals surface area contributed by atoms with Gasteiger partial charge in [0.15, 0.2) is 5.78 Å². The van der Waals surface area contributed by atoms with Gasteiger partial charge in [0, 0.05) is 24.3 Å². The minimum Gasteiger partial charge on any atom is -0.464 e. The normalized spacial score (nSPS) is 11.2. The van der Waals surface area contributed by atoms with Gasteiger partial charge in [0.05, 0.1) is 6.54 Å². The number of H-pyrrole nitrogens is 1. The first-order chi connectivity index (χ1) is 11.7. The molecule has 0 aliphatic carbocycles.